The fourth-order valence-electron chi connectivity index (χ4n) is 1.54. The van der Waals surface area contributed by atoms with Crippen LogP contribution in [0.25, 0.3) is 0 Å². The molecule has 0 amide bonds. The second-order valence-corrected chi connectivity index (χ2v) is 7.40. The normalized spacial score (nSPS) is 13.2. The first-order chi connectivity index (χ1) is 7.16. The zero-order chi connectivity index (χ0) is 12.6. The predicted octanol–water partition coefficient (Wildman–Crippen LogP) is 3.46. The quantitative estimate of drug-likeness (QED) is 0.856. The maximum absolute atomic E-state index is 4.85. The van der Waals surface area contributed by atoms with Crippen molar-refractivity contribution in [3.63, 3.8) is 0 Å². The molecular formula is C13H24N2S. The van der Waals surface area contributed by atoms with E-state index in [4.69, 9.17) is 4.98 Å². The number of hydrogen-bond acceptors (Lipinski definition) is 3. The third-order valence-electron chi connectivity index (χ3n) is 2.39. The summed E-state index contributed by atoms with van der Waals surface area (Å²) in [6.45, 7) is 14.3. The molecule has 0 aliphatic carbocycles. The van der Waals surface area contributed by atoms with Gasteiger partial charge in [-0.3, -0.25) is 0 Å². The molecule has 0 atom stereocenters. The molecule has 0 bridgehead atoms. The smallest absolute Gasteiger partial charge is 0.0985 e. The average Bonchev–Trinajstić information content (AvgIpc) is 2.46. The van der Waals surface area contributed by atoms with E-state index in [1.807, 2.05) is 18.4 Å². The minimum atomic E-state index is 0.131. The van der Waals surface area contributed by atoms with Crippen molar-refractivity contribution in [2.45, 2.75) is 58.9 Å². The lowest BCUT2D eigenvalue weighted by Crippen LogP contribution is -2.17. The first-order valence-electron chi connectivity index (χ1n) is 5.81. The lowest BCUT2D eigenvalue weighted by atomic mass is 9.91. The van der Waals surface area contributed by atoms with E-state index >= 15 is 0 Å². The zero-order valence-electron chi connectivity index (χ0n) is 11.6. The van der Waals surface area contributed by atoms with Crippen LogP contribution in [-0.4, -0.2) is 12.0 Å². The van der Waals surface area contributed by atoms with Gasteiger partial charge >= 0.3 is 0 Å². The molecule has 0 spiro atoms. The molecule has 1 N–H and O–H groups in total. The van der Waals surface area contributed by atoms with Gasteiger partial charge in [0.05, 0.1) is 10.7 Å². The zero-order valence-corrected chi connectivity index (χ0v) is 12.4. The van der Waals surface area contributed by atoms with Crippen LogP contribution in [0.1, 0.15) is 57.1 Å². The van der Waals surface area contributed by atoms with Gasteiger partial charge in [0.1, 0.15) is 0 Å². The van der Waals surface area contributed by atoms with Crippen LogP contribution in [0, 0.1) is 0 Å². The Hall–Kier alpha value is -0.410. The first-order valence-corrected chi connectivity index (χ1v) is 6.63. The van der Waals surface area contributed by atoms with Crippen molar-refractivity contribution in [2.24, 2.45) is 0 Å². The minimum absolute atomic E-state index is 0.131. The van der Waals surface area contributed by atoms with Gasteiger partial charge in [-0.15, -0.1) is 11.3 Å². The Bertz CT molecular complexity index is 353. The number of aromatic nitrogens is 1. The van der Waals surface area contributed by atoms with Crippen LogP contribution in [0.2, 0.25) is 0 Å². The van der Waals surface area contributed by atoms with Crippen LogP contribution < -0.4 is 5.32 Å². The average molecular weight is 240 g/mol. The fourth-order valence-corrected chi connectivity index (χ4v) is 2.88. The van der Waals surface area contributed by atoms with Crippen molar-refractivity contribution >= 4 is 11.3 Å². The Balaban J connectivity index is 3.21. The molecular weight excluding hydrogens is 216 g/mol. The lowest BCUT2D eigenvalue weighted by molar-refractivity contribution is 0.541. The molecule has 1 aromatic rings. The monoisotopic (exact) mass is 240 g/mol. The van der Waals surface area contributed by atoms with Gasteiger partial charge in [-0.25, -0.2) is 4.98 Å². The van der Waals surface area contributed by atoms with Crippen molar-refractivity contribution in [2.75, 3.05) is 7.05 Å². The topological polar surface area (TPSA) is 24.9 Å². The summed E-state index contributed by atoms with van der Waals surface area (Å²) in [4.78, 5) is 6.22. The summed E-state index contributed by atoms with van der Waals surface area (Å²) >= 11 is 1.84. The highest BCUT2D eigenvalue weighted by molar-refractivity contribution is 7.11. The molecule has 0 aliphatic rings. The van der Waals surface area contributed by atoms with Crippen LogP contribution in [0.4, 0.5) is 0 Å². The summed E-state index contributed by atoms with van der Waals surface area (Å²) < 4.78 is 0. The van der Waals surface area contributed by atoms with Gasteiger partial charge in [-0.1, -0.05) is 41.5 Å². The summed E-state index contributed by atoms with van der Waals surface area (Å²) in [5, 5.41) is 4.47. The SMILES string of the molecule is CNCc1sc(C(C)(C)C)nc1C(C)(C)C. The Morgan fingerprint density at radius 2 is 1.62 bits per heavy atom. The number of hydrogen-bond donors (Lipinski definition) is 1. The van der Waals surface area contributed by atoms with Crippen molar-refractivity contribution in [3.05, 3.63) is 15.6 Å². The molecule has 0 aromatic carbocycles. The van der Waals surface area contributed by atoms with Crippen molar-refractivity contribution in [1.29, 1.82) is 0 Å². The minimum Gasteiger partial charge on any atom is -0.315 e. The van der Waals surface area contributed by atoms with Gasteiger partial charge in [0.25, 0.3) is 0 Å². The van der Waals surface area contributed by atoms with Gasteiger partial charge in [0.15, 0.2) is 0 Å². The van der Waals surface area contributed by atoms with Crippen LogP contribution in [0.3, 0.4) is 0 Å². The molecule has 0 saturated heterocycles. The van der Waals surface area contributed by atoms with Gasteiger partial charge in [0, 0.05) is 22.3 Å². The van der Waals surface area contributed by atoms with Crippen LogP contribution in [-0.2, 0) is 17.4 Å². The molecule has 0 fully saturated rings. The van der Waals surface area contributed by atoms with Gasteiger partial charge in [-0.05, 0) is 7.05 Å². The lowest BCUT2D eigenvalue weighted by Gasteiger charge is -2.18. The van der Waals surface area contributed by atoms with Gasteiger partial charge < -0.3 is 5.32 Å². The second-order valence-electron chi connectivity index (χ2n) is 6.32. The Morgan fingerprint density at radius 3 is 2.00 bits per heavy atom. The van der Waals surface area contributed by atoms with E-state index < -0.39 is 0 Å². The van der Waals surface area contributed by atoms with E-state index in [-0.39, 0.29) is 10.8 Å². The fraction of sp³-hybridized carbons (Fsp3) is 0.769. The molecule has 0 saturated carbocycles. The van der Waals surface area contributed by atoms with E-state index in [9.17, 15) is 0 Å². The highest BCUT2D eigenvalue weighted by atomic mass is 32.1. The summed E-state index contributed by atoms with van der Waals surface area (Å²) in [7, 11) is 1.99. The summed E-state index contributed by atoms with van der Waals surface area (Å²) in [5.74, 6) is 0. The number of rotatable bonds is 2. The molecule has 1 aromatic heterocycles. The Labute approximate surface area is 103 Å². The van der Waals surface area contributed by atoms with Gasteiger partial charge in [-0.2, -0.15) is 0 Å². The maximum Gasteiger partial charge on any atom is 0.0985 e. The van der Waals surface area contributed by atoms with Crippen molar-refractivity contribution in [3.8, 4) is 0 Å². The summed E-state index contributed by atoms with van der Waals surface area (Å²) in [5.41, 5.74) is 1.53. The van der Waals surface area contributed by atoms with Crippen molar-refractivity contribution in [1.82, 2.24) is 10.3 Å². The molecule has 0 unspecified atom stereocenters. The van der Waals surface area contributed by atoms with E-state index in [1.165, 1.54) is 15.6 Å². The third kappa shape index (κ3) is 3.05. The Morgan fingerprint density at radius 1 is 1.06 bits per heavy atom. The summed E-state index contributed by atoms with van der Waals surface area (Å²) in [6.07, 6.45) is 0. The van der Waals surface area contributed by atoms with Crippen molar-refractivity contribution < 1.29 is 0 Å². The molecule has 2 nitrogen and oxygen atoms in total. The highest BCUT2D eigenvalue weighted by Crippen LogP contribution is 2.34. The van der Waals surface area contributed by atoms with Gasteiger partial charge in [0.2, 0.25) is 0 Å². The van der Waals surface area contributed by atoms with E-state index in [2.05, 4.69) is 46.9 Å². The van der Waals surface area contributed by atoms with Crippen LogP contribution in [0.15, 0.2) is 0 Å². The molecule has 1 rings (SSSR count). The van der Waals surface area contributed by atoms with Crippen LogP contribution >= 0.6 is 11.3 Å². The molecule has 16 heavy (non-hydrogen) atoms. The molecule has 0 aliphatic heterocycles. The Kier molecular flexibility index (Phi) is 3.80. The standard InChI is InChI=1S/C13H24N2S/c1-12(2,3)10-9(8-14-7)16-11(15-10)13(4,5)6/h14H,8H2,1-7H3. The molecule has 1 heterocycles. The molecule has 92 valence electrons. The number of nitrogens with zero attached hydrogens (tertiary/aromatic N) is 1. The third-order valence-corrected chi connectivity index (χ3v) is 3.87. The van der Waals surface area contributed by atoms with E-state index in [0.29, 0.717) is 0 Å². The first kappa shape index (κ1) is 13.7. The second kappa shape index (κ2) is 4.46. The molecule has 0 radical (unpaired) electrons. The van der Waals surface area contributed by atoms with Crippen LogP contribution in [0.5, 0.6) is 0 Å². The highest BCUT2D eigenvalue weighted by Gasteiger charge is 2.26. The van der Waals surface area contributed by atoms with E-state index in [0.717, 1.165) is 6.54 Å². The predicted molar refractivity (Wildman–Crippen MR) is 72.3 cm³/mol. The largest absolute Gasteiger partial charge is 0.315 e. The number of nitrogens with one attached hydrogen (secondary N) is 1. The number of thiazole rings is 1. The van der Waals surface area contributed by atoms with E-state index in [1.54, 1.807) is 0 Å². The summed E-state index contributed by atoms with van der Waals surface area (Å²) in [6, 6.07) is 0. The molecule has 3 heteroatoms. The maximum atomic E-state index is 4.85.